The van der Waals surface area contributed by atoms with Gasteiger partial charge in [-0.25, -0.2) is 4.79 Å². The van der Waals surface area contributed by atoms with Crippen LogP contribution >= 0.6 is 0 Å². The van der Waals surface area contributed by atoms with E-state index in [4.69, 9.17) is 0 Å². The predicted octanol–water partition coefficient (Wildman–Crippen LogP) is 1.15. The van der Waals surface area contributed by atoms with Gasteiger partial charge in [-0.3, -0.25) is 9.59 Å². The highest BCUT2D eigenvalue weighted by Gasteiger charge is 2.38. The highest BCUT2D eigenvalue weighted by atomic mass is 16.5. The molecule has 0 saturated carbocycles. The predicted molar refractivity (Wildman–Crippen MR) is 89.1 cm³/mol. The molecule has 1 aromatic carbocycles. The number of nitrogens with zero attached hydrogens (tertiary/aromatic N) is 1. The van der Waals surface area contributed by atoms with Crippen molar-refractivity contribution < 1.29 is 19.1 Å². The Morgan fingerprint density at radius 3 is 2.58 bits per heavy atom. The highest BCUT2D eigenvalue weighted by Crippen LogP contribution is 2.20. The molecule has 1 fully saturated rings. The zero-order valence-electron chi connectivity index (χ0n) is 14.4. The van der Waals surface area contributed by atoms with Gasteiger partial charge in [0.2, 0.25) is 11.8 Å². The van der Waals surface area contributed by atoms with Gasteiger partial charge in [0.05, 0.1) is 13.0 Å². The molecule has 0 radical (unpaired) electrons. The molecule has 6 heteroatoms. The molecule has 0 aromatic heterocycles. The number of rotatable bonds is 6. The topological polar surface area (TPSA) is 75.7 Å². The van der Waals surface area contributed by atoms with E-state index < -0.39 is 17.4 Å². The molecule has 2 rings (SSSR count). The maximum absolute atomic E-state index is 12.3. The second-order valence-electron chi connectivity index (χ2n) is 6.58. The lowest BCUT2D eigenvalue weighted by molar-refractivity contribution is -0.149. The lowest BCUT2D eigenvalue weighted by atomic mass is 10.0. The number of carbonyl (C=O) groups is 3. The van der Waals surface area contributed by atoms with Crippen LogP contribution in [0.3, 0.4) is 0 Å². The summed E-state index contributed by atoms with van der Waals surface area (Å²) < 4.78 is 4.68. The molecule has 1 aliphatic heterocycles. The maximum Gasteiger partial charge on any atom is 0.330 e. The van der Waals surface area contributed by atoms with Gasteiger partial charge in [-0.15, -0.1) is 0 Å². The third-order valence-electron chi connectivity index (χ3n) is 4.23. The number of hydrogen-bond donors (Lipinski definition) is 1. The Kier molecular flexibility index (Phi) is 5.59. The molecule has 1 saturated heterocycles. The van der Waals surface area contributed by atoms with E-state index >= 15 is 0 Å². The quantitative estimate of drug-likeness (QED) is 0.793. The number of nitrogens with one attached hydrogen (secondary N) is 1. The highest BCUT2D eigenvalue weighted by molar-refractivity contribution is 5.92. The number of amides is 2. The maximum atomic E-state index is 12.3. The van der Waals surface area contributed by atoms with Crippen molar-refractivity contribution in [2.45, 2.75) is 32.2 Å². The van der Waals surface area contributed by atoms with Gasteiger partial charge >= 0.3 is 5.97 Å². The number of likely N-dealkylation sites (tertiary alicyclic amines) is 1. The van der Waals surface area contributed by atoms with E-state index in [-0.39, 0.29) is 18.2 Å². The van der Waals surface area contributed by atoms with Crippen molar-refractivity contribution in [3.05, 3.63) is 35.9 Å². The fourth-order valence-electron chi connectivity index (χ4n) is 2.79. The normalized spacial score (nSPS) is 17.7. The first-order valence-corrected chi connectivity index (χ1v) is 8.05. The number of ether oxygens (including phenoxy) is 1. The Morgan fingerprint density at radius 2 is 1.96 bits per heavy atom. The second kappa shape index (κ2) is 7.47. The first kappa shape index (κ1) is 18.0. The van der Waals surface area contributed by atoms with Gasteiger partial charge in [0, 0.05) is 19.5 Å². The fraction of sp³-hybridized carbons (Fsp3) is 0.500. The van der Waals surface area contributed by atoms with Gasteiger partial charge < -0.3 is 15.0 Å². The van der Waals surface area contributed by atoms with Gasteiger partial charge in [-0.2, -0.15) is 0 Å². The molecule has 1 unspecified atom stereocenters. The summed E-state index contributed by atoms with van der Waals surface area (Å²) in [4.78, 5) is 37.8. The first-order valence-electron chi connectivity index (χ1n) is 8.05. The Morgan fingerprint density at radius 1 is 1.29 bits per heavy atom. The SMILES string of the molecule is COC(=O)C(C)(C)NC(=O)C1CC(=O)N(CCc2ccccc2)C1. The fourth-order valence-corrected chi connectivity index (χ4v) is 2.79. The van der Waals surface area contributed by atoms with Crippen molar-refractivity contribution in [1.82, 2.24) is 10.2 Å². The van der Waals surface area contributed by atoms with Gasteiger partial charge in [-0.05, 0) is 25.8 Å². The Bertz CT molecular complexity index is 613. The van der Waals surface area contributed by atoms with E-state index in [1.807, 2.05) is 30.3 Å². The first-order chi connectivity index (χ1) is 11.3. The van der Waals surface area contributed by atoms with Crippen LogP contribution in [0, 0.1) is 5.92 Å². The molecule has 1 N–H and O–H groups in total. The standard InChI is InChI=1S/C18H24N2O4/c1-18(2,17(23)24-3)19-16(22)14-11-15(21)20(12-14)10-9-13-7-5-4-6-8-13/h4-8,14H,9-12H2,1-3H3,(H,19,22). The van der Waals surface area contributed by atoms with Crippen LogP contribution in [-0.2, 0) is 25.5 Å². The molecular weight excluding hydrogens is 308 g/mol. The van der Waals surface area contributed by atoms with Crippen molar-refractivity contribution in [1.29, 1.82) is 0 Å². The van der Waals surface area contributed by atoms with Crippen LogP contribution in [0.25, 0.3) is 0 Å². The van der Waals surface area contributed by atoms with Crippen molar-refractivity contribution in [2.24, 2.45) is 5.92 Å². The summed E-state index contributed by atoms with van der Waals surface area (Å²) >= 11 is 0. The second-order valence-corrected chi connectivity index (χ2v) is 6.58. The molecular formula is C18H24N2O4. The summed E-state index contributed by atoms with van der Waals surface area (Å²) in [5.74, 6) is -1.26. The third kappa shape index (κ3) is 4.34. The number of benzene rings is 1. The minimum Gasteiger partial charge on any atom is -0.467 e. The summed E-state index contributed by atoms with van der Waals surface area (Å²) in [5.41, 5.74) is 0.0526. The van der Waals surface area contributed by atoms with E-state index in [0.717, 1.165) is 12.0 Å². The van der Waals surface area contributed by atoms with Crippen LogP contribution in [0.5, 0.6) is 0 Å². The lowest BCUT2D eigenvalue weighted by Crippen LogP contribution is -2.52. The molecule has 1 aliphatic rings. The molecule has 0 aliphatic carbocycles. The van der Waals surface area contributed by atoms with Crippen molar-refractivity contribution in [3.8, 4) is 0 Å². The molecule has 1 aromatic rings. The van der Waals surface area contributed by atoms with E-state index in [9.17, 15) is 14.4 Å². The van der Waals surface area contributed by atoms with Crippen LogP contribution in [0.1, 0.15) is 25.8 Å². The zero-order valence-corrected chi connectivity index (χ0v) is 14.4. The average Bonchev–Trinajstić information content (AvgIpc) is 2.94. The smallest absolute Gasteiger partial charge is 0.330 e. The van der Waals surface area contributed by atoms with Crippen LogP contribution in [0.2, 0.25) is 0 Å². The number of esters is 1. The van der Waals surface area contributed by atoms with E-state index in [2.05, 4.69) is 10.1 Å². The summed E-state index contributed by atoms with van der Waals surface area (Å²) in [7, 11) is 1.28. The molecule has 0 bridgehead atoms. The molecule has 1 atom stereocenters. The summed E-state index contributed by atoms with van der Waals surface area (Å²) in [6, 6.07) is 9.92. The van der Waals surface area contributed by atoms with Crippen molar-refractivity contribution >= 4 is 17.8 Å². The summed E-state index contributed by atoms with van der Waals surface area (Å²) in [5, 5.41) is 2.67. The van der Waals surface area contributed by atoms with E-state index in [1.165, 1.54) is 7.11 Å². The van der Waals surface area contributed by atoms with Crippen molar-refractivity contribution in [2.75, 3.05) is 20.2 Å². The Hall–Kier alpha value is -2.37. The van der Waals surface area contributed by atoms with Crippen LogP contribution in [0.15, 0.2) is 30.3 Å². The number of hydrogen-bond acceptors (Lipinski definition) is 4. The molecule has 2 amide bonds. The van der Waals surface area contributed by atoms with Crippen LogP contribution < -0.4 is 5.32 Å². The number of carbonyl (C=O) groups excluding carboxylic acids is 3. The minimum atomic E-state index is -1.10. The van der Waals surface area contributed by atoms with Gasteiger partial charge in [0.15, 0.2) is 0 Å². The zero-order chi connectivity index (χ0) is 17.7. The van der Waals surface area contributed by atoms with Gasteiger partial charge in [-0.1, -0.05) is 30.3 Å². The third-order valence-corrected chi connectivity index (χ3v) is 4.23. The van der Waals surface area contributed by atoms with Gasteiger partial charge in [0.1, 0.15) is 5.54 Å². The van der Waals surface area contributed by atoms with Crippen molar-refractivity contribution in [3.63, 3.8) is 0 Å². The molecule has 1 heterocycles. The largest absolute Gasteiger partial charge is 0.467 e. The van der Waals surface area contributed by atoms with Gasteiger partial charge in [0.25, 0.3) is 0 Å². The Labute approximate surface area is 142 Å². The van der Waals surface area contributed by atoms with E-state index in [0.29, 0.717) is 13.1 Å². The molecule has 6 nitrogen and oxygen atoms in total. The minimum absolute atomic E-state index is 0.0260. The molecule has 130 valence electrons. The lowest BCUT2D eigenvalue weighted by Gasteiger charge is -2.25. The summed E-state index contributed by atoms with van der Waals surface area (Å²) in [6.45, 7) is 4.14. The van der Waals surface area contributed by atoms with Crippen LogP contribution in [0.4, 0.5) is 0 Å². The Balaban J connectivity index is 1.89. The number of methoxy groups -OCH3 is 1. The molecule has 24 heavy (non-hydrogen) atoms. The van der Waals surface area contributed by atoms with E-state index in [1.54, 1.807) is 18.7 Å². The average molecular weight is 332 g/mol. The monoisotopic (exact) mass is 332 g/mol. The van der Waals surface area contributed by atoms with Crippen LogP contribution in [-0.4, -0.2) is 48.4 Å². The summed E-state index contributed by atoms with van der Waals surface area (Å²) in [6.07, 6.45) is 0.937. The molecule has 0 spiro atoms.